The van der Waals surface area contributed by atoms with Gasteiger partial charge in [0, 0.05) is 10.9 Å². The highest BCUT2D eigenvalue weighted by Gasteiger charge is 2.08. The summed E-state index contributed by atoms with van der Waals surface area (Å²) in [4.78, 5) is 0. The Morgan fingerprint density at radius 3 is 2.37 bits per heavy atom. The molecule has 0 aliphatic heterocycles. The normalized spacial score (nSPS) is 11.4. The molecule has 1 heterocycles. The first-order valence-corrected chi connectivity index (χ1v) is 6.43. The fourth-order valence-corrected chi connectivity index (χ4v) is 2.18. The van der Waals surface area contributed by atoms with Crippen LogP contribution in [0.2, 0.25) is 0 Å². The highest BCUT2D eigenvalue weighted by atomic mass is 19.1. The maximum atomic E-state index is 12.9. The van der Waals surface area contributed by atoms with Crippen LogP contribution in [0, 0.1) is 5.82 Å². The van der Waals surface area contributed by atoms with Crippen LogP contribution in [0.1, 0.15) is 25.3 Å². The third-order valence-corrected chi connectivity index (χ3v) is 3.34. The highest BCUT2D eigenvalue weighted by Crippen LogP contribution is 2.30. The average Bonchev–Trinajstić information content (AvgIpc) is 2.82. The molecule has 3 aromatic rings. The largest absolute Gasteiger partial charge is 0.456 e. The Hall–Kier alpha value is -2.09. The van der Waals surface area contributed by atoms with Crippen molar-refractivity contribution in [3.05, 3.63) is 59.9 Å². The molecule has 0 fully saturated rings. The van der Waals surface area contributed by atoms with Crippen LogP contribution >= 0.6 is 0 Å². The predicted molar refractivity (Wildman–Crippen MR) is 75.7 cm³/mol. The molecule has 0 saturated heterocycles. The van der Waals surface area contributed by atoms with Crippen molar-refractivity contribution in [2.75, 3.05) is 0 Å². The number of hydrogen-bond donors (Lipinski definition) is 0. The number of fused-ring (bicyclic) bond motifs is 1. The van der Waals surface area contributed by atoms with Gasteiger partial charge in [-0.2, -0.15) is 0 Å². The number of furan rings is 1. The fraction of sp³-hybridized carbons (Fsp3) is 0.176. The number of hydrogen-bond acceptors (Lipinski definition) is 1. The lowest BCUT2D eigenvalue weighted by Gasteiger charge is -2.03. The van der Waals surface area contributed by atoms with Crippen molar-refractivity contribution < 1.29 is 8.81 Å². The van der Waals surface area contributed by atoms with Gasteiger partial charge < -0.3 is 4.42 Å². The van der Waals surface area contributed by atoms with Gasteiger partial charge in [0.1, 0.15) is 17.2 Å². The van der Waals surface area contributed by atoms with Gasteiger partial charge >= 0.3 is 0 Å². The zero-order valence-corrected chi connectivity index (χ0v) is 11.0. The van der Waals surface area contributed by atoms with Gasteiger partial charge in [0.05, 0.1) is 0 Å². The van der Waals surface area contributed by atoms with Crippen LogP contribution in [-0.2, 0) is 0 Å². The van der Waals surface area contributed by atoms with Crippen molar-refractivity contribution >= 4 is 11.0 Å². The van der Waals surface area contributed by atoms with E-state index in [1.54, 1.807) is 12.1 Å². The SMILES string of the molecule is CC(C)c1ccc2oc(-c3ccc(F)cc3)cc2c1. The molecular weight excluding hydrogens is 239 g/mol. The van der Waals surface area contributed by atoms with E-state index in [1.807, 2.05) is 12.1 Å². The highest BCUT2D eigenvalue weighted by molar-refractivity contribution is 5.83. The van der Waals surface area contributed by atoms with Gasteiger partial charge in [0.2, 0.25) is 0 Å². The van der Waals surface area contributed by atoms with Crippen LogP contribution in [0.15, 0.2) is 52.9 Å². The number of benzene rings is 2. The first kappa shape index (κ1) is 12.0. The molecule has 0 N–H and O–H groups in total. The van der Waals surface area contributed by atoms with Crippen LogP contribution in [0.25, 0.3) is 22.3 Å². The van der Waals surface area contributed by atoms with Crippen molar-refractivity contribution in [3.63, 3.8) is 0 Å². The minimum atomic E-state index is -0.234. The lowest BCUT2D eigenvalue weighted by molar-refractivity contribution is 0.623. The minimum Gasteiger partial charge on any atom is -0.456 e. The summed E-state index contributed by atoms with van der Waals surface area (Å²) in [6, 6.07) is 14.6. The van der Waals surface area contributed by atoms with Crippen LogP contribution in [0.5, 0.6) is 0 Å². The molecule has 0 amide bonds. The van der Waals surface area contributed by atoms with Gasteiger partial charge in [0.15, 0.2) is 0 Å². The summed E-state index contributed by atoms with van der Waals surface area (Å²) in [5.74, 6) is 1.03. The molecule has 1 aromatic heterocycles. The quantitative estimate of drug-likeness (QED) is 0.599. The van der Waals surface area contributed by atoms with E-state index in [0.29, 0.717) is 5.92 Å². The molecule has 2 aromatic carbocycles. The van der Waals surface area contributed by atoms with Crippen LogP contribution in [-0.4, -0.2) is 0 Å². The molecule has 0 bridgehead atoms. The van der Waals surface area contributed by atoms with E-state index < -0.39 is 0 Å². The third kappa shape index (κ3) is 2.26. The van der Waals surface area contributed by atoms with Gasteiger partial charge in [-0.1, -0.05) is 19.9 Å². The van der Waals surface area contributed by atoms with Gasteiger partial charge in [0.25, 0.3) is 0 Å². The van der Waals surface area contributed by atoms with Crippen molar-refractivity contribution in [2.45, 2.75) is 19.8 Å². The fourth-order valence-electron chi connectivity index (χ4n) is 2.18. The second kappa shape index (κ2) is 4.54. The molecule has 96 valence electrons. The Kier molecular flexibility index (Phi) is 2.86. The smallest absolute Gasteiger partial charge is 0.135 e. The summed E-state index contributed by atoms with van der Waals surface area (Å²) in [5.41, 5.74) is 3.05. The molecule has 0 atom stereocenters. The molecule has 1 nitrogen and oxygen atoms in total. The molecule has 0 saturated carbocycles. The van der Waals surface area contributed by atoms with Crippen LogP contribution in [0.4, 0.5) is 4.39 Å². The second-order valence-electron chi connectivity index (χ2n) is 5.07. The lowest BCUT2D eigenvalue weighted by Crippen LogP contribution is -1.84. The van der Waals surface area contributed by atoms with Crippen molar-refractivity contribution in [3.8, 4) is 11.3 Å². The van der Waals surface area contributed by atoms with Gasteiger partial charge in [-0.15, -0.1) is 0 Å². The third-order valence-electron chi connectivity index (χ3n) is 3.34. The number of halogens is 1. The van der Waals surface area contributed by atoms with E-state index in [0.717, 1.165) is 22.3 Å². The molecule has 0 aliphatic carbocycles. The second-order valence-corrected chi connectivity index (χ2v) is 5.07. The van der Waals surface area contributed by atoms with Crippen molar-refractivity contribution in [2.24, 2.45) is 0 Å². The first-order valence-electron chi connectivity index (χ1n) is 6.43. The Labute approximate surface area is 111 Å². The summed E-state index contributed by atoms with van der Waals surface area (Å²) in [7, 11) is 0. The van der Waals surface area contributed by atoms with Crippen molar-refractivity contribution in [1.29, 1.82) is 0 Å². The van der Waals surface area contributed by atoms with Crippen LogP contribution in [0.3, 0.4) is 0 Å². The first-order chi connectivity index (χ1) is 9.13. The molecule has 0 unspecified atom stereocenters. The maximum Gasteiger partial charge on any atom is 0.135 e. The topological polar surface area (TPSA) is 13.1 Å². The summed E-state index contributed by atoms with van der Waals surface area (Å²) >= 11 is 0. The summed E-state index contributed by atoms with van der Waals surface area (Å²) in [5, 5.41) is 1.09. The zero-order valence-electron chi connectivity index (χ0n) is 11.0. The minimum absolute atomic E-state index is 0.234. The van der Waals surface area contributed by atoms with E-state index in [4.69, 9.17) is 4.42 Å². The van der Waals surface area contributed by atoms with Crippen molar-refractivity contribution in [1.82, 2.24) is 0 Å². The average molecular weight is 254 g/mol. The van der Waals surface area contributed by atoms with Gasteiger partial charge in [-0.25, -0.2) is 4.39 Å². The molecular formula is C17H15FO. The molecule has 19 heavy (non-hydrogen) atoms. The predicted octanol–water partition coefficient (Wildman–Crippen LogP) is 5.36. The zero-order chi connectivity index (χ0) is 13.4. The van der Waals surface area contributed by atoms with Crippen LogP contribution < -0.4 is 0 Å². The van der Waals surface area contributed by atoms with Gasteiger partial charge in [-0.3, -0.25) is 0 Å². The van der Waals surface area contributed by atoms with E-state index in [2.05, 4.69) is 26.0 Å². The molecule has 2 heteroatoms. The lowest BCUT2D eigenvalue weighted by atomic mass is 10.0. The maximum absolute atomic E-state index is 12.9. The standard InChI is InChI=1S/C17H15FO/c1-11(2)13-5-8-16-14(9-13)10-17(19-16)12-3-6-15(18)7-4-12/h3-11H,1-2H3. The molecule has 0 spiro atoms. The Morgan fingerprint density at radius 1 is 0.947 bits per heavy atom. The van der Waals surface area contributed by atoms with E-state index in [-0.39, 0.29) is 5.82 Å². The summed E-state index contributed by atoms with van der Waals surface area (Å²) in [6.07, 6.45) is 0. The van der Waals surface area contributed by atoms with Gasteiger partial charge in [-0.05, 0) is 53.9 Å². The monoisotopic (exact) mass is 254 g/mol. The summed E-state index contributed by atoms with van der Waals surface area (Å²) in [6.45, 7) is 4.34. The van der Waals surface area contributed by atoms with E-state index in [9.17, 15) is 4.39 Å². The molecule has 0 radical (unpaired) electrons. The molecule has 0 aliphatic rings. The summed E-state index contributed by atoms with van der Waals surface area (Å²) < 4.78 is 18.7. The Balaban J connectivity index is 2.08. The Morgan fingerprint density at radius 2 is 1.68 bits per heavy atom. The Bertz CT molecular complexity index is 708. The van der Waals surface area contributed by atoms with E-state index in [1.165, 1.54) is 17.7 Å². The number of rotatable bonds is 2. The molecule has 3 rings (SSSR count). The van der Waals surface area contributed by atoms with E-state index >= 15 is 0 Å².